The SMILES string of the molecule is OC[C@@H](O)[C@H]1O[C@@H](O)[C@@H](O)[C@@H](O)[C@@H]1O. The zero-order valence-electron chi connectivity index (χ0n) is 7.26. The monoisotopic (exact) mass is 210 g/mol. The molecule has 0 aromatic heterocycles. The lowest BCUT2D eigenvalue weighted by Gasteiger charge is -2.39. The first-order valence-electron chi connectivity index (χ1n) is 4.15. The first-order chi connectivity index (χ1) is 6.49. The Kier molecular flexibility index (Phi) is 3.78. The van der Waals surface area contributed by atoms with Crippen molar-refractivity contribution in [3.63, 3.8) is 0 Å². The third-order valence-electron chi connectivity index (χ3n) is 2.19. The quantitative estimate of drug-likeness (QED) is 0.275. The summed E-state index contributed by atoms with van der Waals surface area (Å²) in [5.41, 5.74) is 0. The van der Waals surface area contributed by atoms with Crippen molar-refractivity contribution >= 4 is 0 Å². The van der Waals surface area contributed by atoms with Gasteiger partial charge in [0.05, 0.1) is 6.61 Å². The lowest BCUT2D eigenvalue weighted by atomic mass is 9.96. The van der Waals surface area contributed by atoms with Crippen molar-refractivity contribution in [2.45, 2.75) is 36.8 Å². The summed E-state index contributed by atoms with van der Waals surface area (Å²) in [6.07, 6.45) is -9.26. The fourth-order valence-corrected chi connectivity index (χ4v) is 1.31. The molecule has 0 aromatic rings. The van der Waals surface area contributed by atoms with Gasteiger partial charge in [0.15, 0.2) is 6.29 Å². The number of aliphatic hydroxyl groups excluding tert-OH is 6. The number of ether oxygens (including phenoxy) is 1. The Bertz CT molecular complexity index is 187. The van der Waals surface area contributed by atoms with Gasteiger partial charge in [0.2, 0.25) is 0 Å². The molecule has 0 amide bonds. The summed E-state index contributed by atoms with van der Waals surface area (Å²) in [5, 5.41) is 54.3. The Morgan fingerprint density at radius 1 is 1.00 bits per heavy atom. The van der Waals surface area contributed by atoms with Gasteiger partial charge in [-0.05, 0) is 0 Å². The van der Waals surface area contributed by atoms with Crippen LogP contribution in [0.2, 0.25) is 0 Å². The molecule has 7 nitrogen and oxygen atoms in total. The highest BCUT2D eigenvalue weighted by molar-refractivity contribution is 4.91. The zero-order chi connectivity index (χ0) is 10.9. The second-order valence-electron chi connectivity index (χ2n) is 3.21. The van der Waals surface area contributed by atoms with Crippen LogP contribution >= 0.6 is 0 Å². The fourth-order valence-electron chi connectivity index (χ4n) is 1.31. The second kappa shape index (κ2) is 4.49. The predicted molar refractivity (Wildman–Crippen MR) is 42.0 cm³/mol. The molecule has 6 N–H and O–H groups in total. The van der Waals surface area contributed by atoms with E-state index in [0.29, 0.717) is 0 Å². The molecule has 1 aliphatic heterocycles. The first-order valence-corrected chi connectivity index (χ1v) is 4.15. The summed E-state index contributed by atoms with van der Waals surface area (Å²) in [7, 11) is 0. The van der Waals surface area contributed by atoms with E-state index < -0.39 is 43.4 Å². The van der Waals surface area contributed by atoms with Crippen LogP contribution in [-0.2, 0) is 4.74 Å². The minimum atomic E-state index is -1.69. The molecule has 1 aliphatic rings. The van der Waals surface area contributed by atoms with Crippen LogP contribution in [0.3, 0.4) is 0 Å². The predicted octanol–water partition coefficient (Wildman–Crippen LogP) is -3.86. The standard InChI is InChI=1S/C7H14O7/c8-1-2(9)6-4(11)3(10)5(12)7(13)14-6/h2-13H,1H2/t2-,3+,4+,5+,6-,7-/m1/s1. The minimum absolute atomic E-state index is 0.683. The van der Waals surface area contributed by atoms with E-state index in [1.54, 1.807) is 0 Å². The fraction of sp³-hybridized carbons (Fsp3) is 1.00. The maximum Gasteiger partial charge on any atom is 0.184 e. The average Bonchev–Trinajstić information content (AvgIpc) is 2.19. The van der Waals surface area contributed by atoms with Crippen LogP contribution in [0.4, 0.5) is 0 Å². The Labute approximate surface area is 79.8 Å². The highest BCUT2D eigenvalue weighted by Crippen LogP contribution is 2.21. The van der Waals surface area contributed by atoms with Crippen molar-refractivity contribution in [2.24, 2.45) is 0 Å². The van der Waals surface area contributed by atoms with Crippen molar-refractivity contribution in [1.82, 2.24) is 0 Å². The Morgan fingerprint density at radius 3 is 2.07 bits per heavy atom. The van der Waals surface area contributed by atoms with Crippen LogP contribution in [-0.4, -0.2) is 74.1 Å². The third kappa shape index (κ3) is 2.04. The van der Waals surface area contributed by atoms with Gasteiger partial charge in [0, 0.05) is 0 Å². The summed E-state index contributed by atoms with van der Waals surface area (Å²) in [4.78, 5) is 0. The number of hydrogen-bond donors (Lipinski definition) is 6. The van der Waals surface area contributed by atoms with E-state index in [4.69, 9.17) is 20.4 Å². The van der Waals surface area contributed by atoms with E-state index >= 15 is 0 Å². The summed E-state index contributed by atoms with van der Waals surface area (Å²) >= 11 is 0. The summed E-state index contributed by atoms with van der Waals surface area (Å²) in [5.74, 6) is 0. The molecule has 0 unspecified atom stereocenters. The van der Waals surface area contributed by atoms with Gasteiger partial charge in [-0.25, -0.2) is 0 Å². The molecule has 1 rings (SSSR count). The molecule has 6 atom stereocenters. The lowest BCUT2D eigenvalue weighted by Crippen LogP contribution is -2.61. The molecule has 1 saturated heterocycles. The maximum atomic E-state index is 9.31. The van der Waals surface area contributed by atoms with Crippen molar-refractivity contribution in [1.29, 1.82) is 0 Å². The highest BCUT2D eigenvalue weighted by atomic mass is 16.6. The van der Waals surface area contributed by atoms with Gasteiger partial charge in [-0.2, -0.15) is 0 Å². The van der Waals surface area contributed by atoms with E-state index in [2.05, 4.69) is 4.74 Å². The van der Waals surface area contributed by atoms with Gasteiger partial charge in [-0.1, -0.05) is 0 Å². The maximum absolute atomic E-state index is 9.31. The molecule has 1 heterocycles. The van der Waals surface area contributed by atoms with Crippen molar-refractivity contribution in [3.8, 4) is 0 Å². The normalized spacial score (nSPS) is 46.3. The molecule has 0 bridgehead atoms. The molecule has 0 radical (unpaired) electrons. The van der Waals surface area contributed by atoms with E-state index in [9.17, 15) is 10.2 Å². The third-order valence-corrected chi connectivity index (χ3v) is 2.19. The number of hydrogen-bond acceptors (Lipinski definition) is 7. The molecule has 84 valence electrons. The summed E-state index contributed by atoms with van der Waals surface area (Å²) in [6, 6.07) is 0. The molecule has 0 saturated carbocycles. The van der Waals surface area contributed by atoms with Crippen molar-refractivity contribution < 1.29 is 35.4 Å². The Hall–Kier alpha value is -0.280. The van der Waals surface area contributed by atoms with Gasteiger partial charge in [-0.15, -0.1) is 0 Å². The molecule has 1 fully saturated rings. The smallest absolute Gasteiger partial charge is 0.184 e. The second-order valence-corrected chi connectivity index (χ2v) is 3.21. The molecule has 7 heteroatoms. The van der Waals surface area contributed by atoms with Gasteiger partial charge < -0.3 is 35.4 Å². The molecule has 14 heavy (non-hydrogen) atoms. The van der Waals surface area contributed by atoms with Crippen molar-refractivity contribution in [2.75, 3.05) is 6.61 Å². The van der Waals surface area contributed by atoms with E-state index in [1.807, 2.05) is 0 Å². The molecule has 0 aromatic carbocycles. The van der Waals surface area contributed by atoms with E-state index in [1.165, 1.54) is 0 Å². The summed E-state index contributed by atoms with van der Waals surface area (Å²) < 4.78 is 4.62. The molecular formula is C7H14O7. The lowest BCUT2D eigenvalue weighted by molar-refractivity contribution is -0.298. The molecule has 0 spiro atoms. The Balaban J connectivity index is 2.70. The zero-order valence-corrected chi connectivity index (χ0v) is 7.26. The van der Waals surface area contributed by atoms with E-state index in [-0.39, 0.29) is 0 Å². The van der Waals surface area contributed by atoms with Gasteiger partial charge in [0.25, 0.3) is 0 Å². The average molecular weight is 210 g/mol. The van der Waals surface area contributed by atoms with Crippen LogP contribution in [0.15, 0.2) is 0 Å². The first kappa shape index (κ1) is 11.8. The van der Waals surface area contributed by atoms with Crippen LogP contribution < -0.4 is 0 Å². The molecule has 0 aliphatic carbocycles. The number of aliphatic hydroxyl groups is 6. The van der Waals surface area contributed by atoms with E-state index in [0.717, 1.165) is 0 Å². The van der Waals surface area contributed by atoms with Gasteiger partial charge >= 0.3 is 0 Å². The van der Waals surface area contributed by atoms with Crippen LogP contribution in [0.5, 0.6) is 0 Å². The topological polar surface area (TPSA) is 131 Å². The van der Waals surface area contributed by atoms with Crippen molar-refractivity contribution in [3.05, 3.63) is 0 Å². The van der Waals surface area contributed by atoms with Crippen LogP contribution in [0, 0.1) is 0 Å². The van der Waals surface area contributed by atoms with Gasteiger partial charge in [-0.3, -0.25) is 0 Å². The largest absolute Gasteiger partial charge is 0.394 e. The Morgan fingerprint density at radius 2 is 1.57 bits per heavy atom. The van der Waals surface area contributed by atoms with Gasteiger partial charge in [0.1, 0.15) is 30.5 Å². The highest BCUT2D eigenvalue weighted by Gasteiger charge is 2.45. The summed E-state index contributed by atoms with van der Waals surface area (Å²) in [6.45, 7) is -0.683. The number of rotatable bonds is 2. The molecular weight excluding hydrogens is 196 g/mol. The van der Waals surface area contributed by atoms with Crippen LogP contribution in [0.25, 0.3) is 0 Å². The minimum Gasteiger partial charge on any atom is -0.394 e. The van der Waals surface area contributed by atoms with Crippen LogP contribution in [0.1, 0.15) is 0 Å².